The van der Waals surface area contributed by atoms with Gasteiger partial charge in [-0.05, 0) is 22.9 Å². The zero-order valence-electron chi connectivity index (χ0n) is 10.5. The van der Waals surface area contributed by atoms with Crippen LogP contribution in [-0.4, -0.2) is 35.5 Å². The number of likely N-dealkylation sites (N-methyl/N-ethyl adjacent to an activating group) is 1. The van der Waals surface area contributed by atoms with E-state index in [1.54, 1.807) is 12.1 Å². The number of rotatable bonds is 3. The van der Waals surface area contributed by atoms with Gasteiger partial charge in [0, 0.05) is 12.7 Å². The molecule has 0 unspecified atom stereocenters. The Kier molecular flexibility index (Phi) is 3.37. The molecule has 2 aromatic rings. The molecule has 0 atom stereocenters. The number of aliphatic carboxylic acids is 1. The zero-order chi connectivity index (χ0) is 14.0. The summed E-state index contributed by atoms with van der Waals surface area (Å²) in [5.74, 6) is -1.46. The van der Waals surface area contributed by atoms with E-state index in [0.29, 0.717) is 11.3 Å². The average Bonchev–Trinajstić information content (AvgIpc) is 2.36. The minimum absolute atomic E-state index is 0.322. The van der Waals surface area contributed by atoms with Crippen molar-refractivity contribution in [3.8, 4) is 0 Å². The van der Waals surface area contributed by atoms with Crippen LogP contribution in [0.25, 0.3) is 10.8 Å². The molecule has 0 saturated carbocycles. The number of carboxylic acids is 1. The Morgan fingerprint density at radius 2 is 1.79 bits per heavy atom. The maximum absolute atomic E-state index is 12.1. The minimum atomic E-state index is -1.06. The molecule has 98 valence electrons. The van der Waals surface area contributed by atoms with Gasteiger partial charge in [0.05, 0.1) is 5.56 Å². The van der Waals surface area contributed by atoms with E-state index in [1.165, 1.54) is 7.05 Å². The number of anilines is 1. The molecule has 2 rings (SSSR count). The molecule has 0 aliphatic carbocycles. The Labute approximate surface area is 110 Å². The number of nitrogens with zero attached hydrogens (tertiary/aromatic N) is 1. The fraction of sp³-hybridized carbons (Fsp3) is 0.143. The van der Waals surface area contributed by atoms with Gasteiger partial charge in [0.25, 0.3) is 5.91 Å². The van der Waals surface area contributed by atoms with Crippen LogP contribution >= 0.6 is 0 Å². The molecule has 3 N–H and O–H groups in total. The topological polar surface area (TPSA) is 83.6 Å². The van der Waals surface area contributed by atoms with Gasteiger partial charge in [-0.3, -0.25) is 9.59 Å². The van der Waals surface area contributed by atoms with Crippen molar-refractivity contribution in [2.75, 3.05) is 19.3 Å². The monoisotopic (exact) mass is 258 g/mol. The van der Waals surface area contributed by atoms with Gasteiger partial charge in [-0.15, -0.1) is 0 Å². The van der Waals surface area contributed by atoms with E-state index < -0.39 is 11.9 Å². The molecule has 5 nitrogen and oxygen atoms in total. The van der Waals surface area contributed by atoms with Gasteiger partial charge in [0.15, 0.2) is 0 Å². The standard InChI is InChI=1S/C14H14N2O3/c1-16(8-13(17)18)14(19)11-6-9-4-2-3-5-10(9)7-12(11)15/h2-7H,8,15H2,1H3,(H,17,18). The predicted octanol–water partition coefficient (Wildman–Crippen LogP) is 1.58. The molecule has 1 amide bonds. The largest absolute Gasteiger partial charge is 0.480 e. The summed E-state index contributed by atoms with van der Waals surface area (Å²) in [6.45, 7) is -0.356. The number of carbonyl (C=O) groups excluding carboxylic acids is 1. The summed E-state index contributed by atoms with van der Waals surface area (Å²) in [6.07, 6.45) is 0. The molecule has 0 heterocycles. The predicted molar refractivity (Wildman–Crippen MR) is 73.0 cm³/mol. The van der Waals surface area contributed by atoms with E-state index in [-0.39, 0.29) is 6.54 Å². The summed E-state index contributed by atoms with van der Waals surface area (Å²) in [4.78, 5) is 23.9. The maximum atomic E-state index is 12.1. The number of hydrogen-bond acceptors (Lipinski definition) is 3. The number of nitrogens with two attached hydrogens (primary N) is 1. The number of benzene rings is 2. The highest BCUT2D eigenvalue weighted by atomic mass is 16.4. The minimum Gasteiger partial charge on any atom is -0.480 e. The van der Waals surface area contributed by atoms with Gasteiger partial charge < -0.3 is 15.7 Å². The number of nitrogen functional groups attached to an aromatic ring is 1. The molecular formula is C14H14N2O3. The number of carboxylic acid groups (broad SMARTS) is 1. The third-order valence-electron chi connectivity index (χ3n) is 2.87. The lowest BCUT2D eigenvalue weighted by atomic mass is 10.0. The van der Waals surface area contributed by atoms with Gasteiger partial charge in [0.1, 0.15) is 6.54 Å². The van der Waals surface area contributed by atoms with Crippen molar-refractivity contribution in [2.45, 2.75) is 0 Å². The average molecular weight is 258 g/mol. The quantitative estimate of drug-likeness (QED) is 0.819. The Balaban J connectivity index is 2.41. The number of amides is 1. The van der Waals surface area contributed by atoms with E-state index in [4.69, 9.17) is 10.8 Å². The van der Waals surface area contributed by atoms with E-state index in [0.717, 1.165) is 15.7 Å². The number of carbonyl (C=O) groups is 2. The zero-order valence-corrected chi connectivity index (χ0v) is 10.5. The third kappa shape index (κ3) is 2.65. The van der Waals surface area contributed by atoms with Crippen molar-refractivity contribution in [1.82, 2.24) is 4.90 Å². The van der Waals surface area contributed by atoms with Crippen molar-refractivity contribution in [3.63, 3.8) is 0 Å². The molecule has 0 saturated heterocycles. The first kappa shape index (κ1) is 12.9. The van der Waals surface area contributed by atoms with Crippen LogP contribution in [0.1, 0.15) is 10.4 Å². The summed E-state index contributed by atoms with van der Waals surface area (Å²) in [5, 5.41) is 10.5. The molecule has 5 heteroatoms. The van der Waals surface area contributed by atoms with Crippen LogP contribution < -0.4 is 5.73 Å². The molecule has 0 fully saturated rings. The normalized spacial score (nSPS) is 10.4. The van der Waals surface area contributed by atoms with Gasteiger partial charge in [-0.25, -0.2) is 0 Å². The lowest BCUT2D eigenvalue weighted by molar-refractivity contribution is -0.137. The lowest BCUT2D eigenvalue weighted by Crippen LogP contribution is -2.32. The first-order valence-corrected chi connectivity index (χ1v) is 5.74. The summed E-state index contributed by atoms with van der Waals surface area (Å²) >= 11 is 0. The second-order valence-corrected chi connectivity index (χ2v) is 4.34. The Bertz CT molecular complexity index is 652. The fourth-order valence-corrected chi connectivity index (χ4v) is 1.92. The van der Waals surface area contributed by atoms with Crippen molar-refractivity contribution in [3.05, 3.63) is 42.0 Å². The SMILES string of the molecule is CN(CC(=O)O)C(=O)c1cc2ccccc2cc1N. The van der Waals surface area contributed by atoms with E-state index in [2.05, 4.69) is 0 Å². The van der Waals surface area contributed by atoms with Crippen LogP contribution in [0.2, 0.25) is 0 Å². The van der Waals surface area contributed by atoms with Gasteiger partial charge in [-0.2, -0.15) is 0 Å². The van der Waals surface area contributed by atoms with E-state index in [9.17, 15) is 9.59 Å². The second kappa shape index (κ2) is 4.97. The molecule has 0 spiro atoms. The van der Waals surface area contributed by atoms with Gasteiger partial charge in [-0.1, -0.05) is 24.3 Å². The number of fused-ring (bicyclic) bond motifs is 1. The Morgan fingerprint density at radius 1 is 1.21 bits per heavy atom. The highest BCUT2D eigenvalue weighted by molar-refractivity contribution is 6.04. The van der Waals surface area contributed by atoms with E-state index in [1.807, 2.05) is 24.3 Å². The maximum Gasteiger partial charge on any atom is 0.323 e. The van der Waals surface area contributed by atoms with Gasteiger partial charge >= 0.3 is 5.97 Å². The summed E-state index contributed by atoms with van der Waals surface area (Å²) in [6, 6.07) is 10.9. The second-order valence-electron chi connectivity index (χ2n) is 4.34. The molecule has 0 radical (unpaired) electrons. The first-order chi connectivity index (χ1) is 8.99. The molecule has 2 aromatic carbocycles. The van der Waals surface area contributed by atoms with Crippen molar-refractivity contribution < 1.29 is 14.7 Å². The molecule has 0 aliphatic heterocycles. The smallest absolute Gasteiger partial charge is 0.323 e. The van der Waals surface area contributed by atoms with Crippen molar-refractivity contribution >= 4 is 28.3 Å². The highest BCUT2D eigenvalue weighted by Crippen LogP contribution is 2.22. The summed E-state index contributed by atoms with van der Waals surface area (Å²) < 4.78 is 0. The van der Waals surface area contributed by atoms with E-state index >= 15 is 0 Å². The highest BCUT2D eigenvalue weighted by Gasteiger charge is 2.17. The summed E-state index contributed by atoms with van der Waals surface area (Å²) in [7, 11) is 1.44. The number of hydrogen-bond donors (Lipinski definition) is 2. The Hall–Kier alpha value is -2.56. The van der Waals surface area contributed by atoms with Crippen LogP contribution in [0, 0.1) is 0 Å². The van der Waals surface area contributed by atoms with Crippen LogP contribution in [-0.2, 0) is 4.79 Å². The fourth-order valence-electron chi connectivity index (χ4n) is 1.92. The van der Waals surface area contributed by atoms with Crippen LogP contribution in [0.15, 0.2) is 36.4 Å². The molecular weight excluding hydrogens is 244 g/mol. The molecule has 0 aliphatic rings. The molecule has 19 heavy (non-hydrogen) atoms. The summed E-state index contributed by atoms with van der Waals surface area (Å²) in [5.41, 5.74) is 6.53. The van der Waals surface area contributed by atoms with Crippen molar-refractivity contribution in [2.24, 2.45) is 0 Å². The molecule has 0 bridgehead atoms. The molecule has 0 aromatic heterocycles. The van der Waals surface area contributed by atoms with Crippen molar-refractivity contribution in [1.29, 1.82) is 0 Å². The first-order valence-electron chi connectivity index (χ1n) is 5.74. The third-order valence-corrected chi connectivity index (χ3v) is 2.87. The van der Waals surface area contributed by atoms with Crippen LogP contribution in [0.4, 0.5) is 5.69 Å². The Morgan fingerprint density at radius 3 is 2.37 bits per heavy atom. The van der Waals surface area contributed by atoms with Crippen LogP contribution in [0.3, 0.4) is 0 Å². The van der Waals surface area contributed by atoms with Gasteiger partial charge in [0.2, 0.25) is 0 Å². The van der Waals surface area contributed by atoms with Crippen LogP contribution in [0.5, 0.6) is 0 Å². The lowest BCUT2D eigenvalue weighted by Gasteiger charge is -2.16.